The number of hydrogen-bond donors (Lipinski definition) is 0. The Kier molecular flexibility index (Phi) is 4.82. The van der Waals surface area contributed by atoms with Crippen LogP contribution in [0.4, 0.5) is 0 Å². The van der Waals surface area contributed by atoms with Crippen molar-refractivity contribution in [1.82, 2.24) is 0 Å². The van der Waals surface area contributed by atoms with Gasteiger partial charge in [0.15, 0.2) is 0 Å². The zero-order chi connectivity index (χ0) is 8.91. The predicted molar refractivity (Wildman–Crippen MR) is 52.1 cm³/mol. The maximum absolute atomic E-state index is 10.6. The van der Waals surface area contributed by atoms with Gasteiger partial charge < -0.3 is 4.79 Å². The summed E-state index contributed by atoms with van der Waals surface area (Å²) in [4.78, 5) is 10.6. The van der Waals surface area contributed by atoms with E-state index in [1.54, 1.807) is 6.92 Å². The molecule has 0 aromatic heterocycles. The average molecular weight is 174 g/mol. The van der Waals surface area contributed by atoms with E-state index in [0.717, 1.165) is 18.6 Å². The normalized spacial score (nSPS) is 11.6. The van der Waals surface area contributed by atoms with Gasteiger partial charge in [-0.05, 0) is 19.1 Å². The average Bonchev–Trinajstić information content (AvgIpc) is 1.78. The lowest BCUT2D eigenvalue weighted by Crippen LogP contribution is -2.08. The van der Waals surface area contributed by atoms with Crippen LogP contribution in [0.2, 0.25) is 0 Å². The molecular weight excluding hydrogens is 156 g/mol. The highest BCUT2D eigenvalue weighted by Crippen LogP contribution is 2.23. The molecule has 0 amide bonds. The summed E-state index contributed by atoms with van der Waals surface area (Å²) in [7, 11) is 0. The molecule has 0 N–H and O–H groups in total. The first kappa shape index (κ1) is 11.0. The van der Waals surface area contributed by atoms with Crippen LogP contribution in [0.25, 0.3) is 0 Å². The van der Waals surface area contributed by atoms with Crippen LogP contribution in [-0.4, -0.2) is 16.3 Å². The first-order chi connectivity index (χ1) is 4.92. The van der Waals surface area contributed by atoms with E-state index in [-0.39, 0.29) is 0 Å². The number of thioether (sulfide) groups is 1. The minimum absolute atomic E-state index is 0.305. The molecule has 1 nitrogen and oxygen atoms in total. The number of ketones is 1. The van der Waals surface area contributed by atoms with Crippen LogP contribution in [0.5, 0.6) is 0 Å². The molecule has 66 valence electrons. The van der Waals surface area contributed by atoms with Gasteiger partial charge in [-0.3, -0.25) is 0 Å². The summed E-state index contributed by atoms with van der Waals surface area (Å²) in [5.74, 6) is 1.41. The first-order valence-corrected chi connectivity index (χ1v) is 5.04. The lowest BCUT2D eigenvalue weighted by Gasteiger charge is -2.16. The summed E-state index contributed by atoms with van der Waals surface area (Å²) in [5, 5.41) is 0. The summed E-state index contributed by atoms with van der Waals surface area (Å²) in [6, 6.07) is 0. The fourth-order valence-corrected chi connectivity index (χ4v) is 1.60. The summed E-state index contributed by atoms with van der Waals surface area (Å²) in [6.45, 7) is 8.25. The molecule has 0 unspecified atom stereocenters. The maximum atomic E-state index is 10.6. The van der Waals surface area contributed by atoms with Crippen molar-refractivity contribution in [3.8, 4) is 0 Å². The van der Waals surface area contributed by atoms with Crippen molar-refractivity contribution < 1.29 is 4.79 Å². The molecule has 0 saturated heterocycles. The SMILES string of the molecule is CC(=O)CCCSC(C)(C)C. The summed E-state index contributed by atoms with van der Waals surface area (Å²) < 4.78 is 0.344. The van der Waals surface area contributed by atoms with Crippen molar-refractivity contribution in [2.24, 2.45) is 0 Å². The molecule has 0 radical (unpaired) electrons. The van der Waals surface area contributed by atoms with Crippen molar-refractivity contribution in [2.45, 2.75) is 45.3 Å². The second-order valence-electron chi connectivity index (χ2n) is 3.77. The molecule has 0 saturated carbocycles. The Hall–Kier alpha value is 0.0200. The number of carbonyl (C=O) groups excluding carboxylic acids is 1. The van der Waals surface area contributed by atoms with Gasteiger partial charge in [0.05, 0.1) is 0 Å². The zero-order valence-electron chi connectivity index (χ0n) is 7.94. The lowest BCUT2D eigenvalue weighted by atomic mass is 10.2. The van der Waals surface area contributed by atoms with Crippen LogP contribution in [0.1, 0.15) is 40.5 Å². The van der Waals surface area contributed by atoms with E-state index in [9.17, 15) is 4.79 Å². The van der Waals surface area contributed by atoms with Gasteiger partial charge in [-0.25, -0.2) is 0 Å². The molecule has 0 aromatic rings. The highest BCUT2D eigenvalue weighted by molar-refractivity contribution is 8.00. The minimum atomic E-state index is 0.305. The lowest BCUT2D eigenvalue weighted by molar-refractivity contribution is -0.117. The number of hydrogen-bond acceptors (Lipinski definition) is 2. The van der Waals surface area contributed by atoms with Gasteiger partial charge in [-0.2, -0.15) is 11.8 Å². The Morgan fingerprint density at radius 2 is 1.91 bits per heavy atom. The van der Waals surface area contributed by atoms with Crippen LogP contribution < -0.4 is 0 Å². The Morgan fingerprint density at radius 3 is 2.27 bits per heavy atom. The molecule has 0 aliphatic rings. The van der Waals surface area contributed by atoms with Crippen LogP contribution in [-0.2, 0) is 4.79 Å². The van der Waals surface area contributed by atoms with Crippen molar-refractivity contribution in [2.75, 3.05) is 5.75 Å². The topological polar surface area (TPSA) is 17.1 Å². The molecule has 0 heterocycles. The van der Waals surface area contributed by atoms with Crippen molar-refractivity contribution in [3.05, 3.63) is 0 Å². The summed E-state index contributed by atoms with van der Waals surface area (Å²) in [5.41, 5.74) is 0. The summed E-state index contributed by atoms with van der Waals surface area (Å²) >= 11 is 1.92. The van der Waals surface area contributed by atoms with Crippen LogP contribution in [0.3, 0.4) is 0 Å². The minimum Gasteiger partial charge on any atom is -0.300 e. The Labute approximate surface area is 73.9 Å². The predicted octanol–water partition coefficient (Wildman–Crippen LogP) is 2.89. The largest absolute Gasteiger partial charge is 0.300 e. The Morgan fingerprint density at radius 1 is 1.36 bits per heavy atom. The van der Waals surface area contributed by atoms with Gasteiger partial charge in [-0.1, -0.05) is 20.8 Å². The van der Waals surface area contributed by atoms with Crippen LogP contribution in [0, 0.1) is 0 Å². The molecule has 0 bridgehead atoms. The monoisotopic (exact) mass is 174 g/mol. The molecular formula is C9H18OS. The fraction of sp³-hybridized carbons (Fsp3) is 0.889. The molecule has 11 heavy (non-hydrogen) atoms. The van der Waals surface area contributed by atoms with E-state index in [2.05, 4.69) is 20.8 Å². The second kappa shape index (κ2) is 4.81. The van der Waals surface area contributed by atoms with E-state index in [4.69, 9.17) is 0 Å². The summed E-state index contributed by atoms with van der Waals surface area (Å²) in [6.07, 6.45) is 1.76. The van der Waals surface area contributed by atoms with Crippen molar-refractivity contribution in [3.63, 3.8) is 0 Å². The van der Waals surface area contributed by atoms with E-state index in [0.29, 0.717) is 10.5 Å². The molecule has 2 heteroatoms. The Bertz CT molecular complexity index is 124. The van der Waals surface area contributed by atoms with Crippen LogP contribution >= 0.6 is 11.8 Å². The third kappa shape index (κ3) is 10.0. The molecule has 0 rings (SSSR count). The first-order valence-electron chi connectivity index (χ1n) is 4.05. The van der Waals surface area contributed by atoms with E-state index in [1.807, 2.05) is 11.8 Å². The van der Waals surface area contributed by atoms with Crippen molar-refractivity contribution >= 4 is 17.5 Å². The van der Waals surface area contributed by atoms with Gasteiger partial charge in [0, 0.05) is 11.2 Å². The van der Waals surface area contributed by atoms with E-state index >= 15 is 0 Å². The molecule has 0 aliphatic heterocycles. The zero-order valence-corrected chi connectivity index (χ0v) is 8.75. The number of carbonyl (C=O) groups is 1. The standard InChI is InChI=1S/C9H18OS/c1-8(10)6-5-7-11-9(2,3)4/h5-7H2,1-4H3. The van der Waals surface area contributed by atoms with Gasteiger partial charge in [-0.15, -0.1) is 0 Å². The van der Waals surface area contributed by atoms with E-state index < -0.39 is 0 Å². The Balaban J connectivity index is 3.22. The molecule has 0 atom stereocenters. The van der Waals surface area contributed by atoms with Gasteiger partial charge in [0.2, 0.25) is 0 Å². The number of rotatable bonds is 4. The van der Waals surface area contributed by atoms with Crippen LogP contribution in [0.15, 0.2) is 0 Å². The molecule has 0 spiro atoms. The molecule has 0 aliphatic carbocycles. The van der Waals surface area contributed by atoms with Gasteiger partial charge >= 0.3 is 0 Å². The van der Waals surface area contributed by atoms with Crippen molar-refractivity contribution in [1.29, 1.82) is 0 Å². The smallest absolute Gasteiger partial charge is 0.129 e. The quantitative estimate of drug-likeness (QED) is 0.610. The molecule has 0 aromatic carbocycles. The third-order valence-electron chi connectivity index (χ3n) is 1.21. The van der Waals surface area contributed by atoms with Gasteiger partial charge in [0.25, 0.3) is 0 Å². The maximum Gasteiger partial charge on any atom is 0.129 e. The number of Topliss-reactive ketones (excluding diaryl/α,β-unsaturated/α-hetero) is 1. The highest BCUT2D eigenvalue weighted by Gasteiger charge is 2.09. The molecule has 0 fully saturated rings. The third-order valence-corrected chi connectivity index (χ3v) is 2.57. The fourth-order valence-electron chi connectivity index (χ4n) is 0.699. The highest BCUT2D eigenvalue weighted by atomic mass is 32.2. The van der Waals surface area contributed by atoms with E-state index in [1.165, 1.54) is 0 Å². The second-order valence-corrected chi connectivity index (χ2v) is 5.69. The van der Waals surface area contributed by atoms with Gasteiger partial charge in [0.1, 0.15) is 5.78 Å².